The van der Waals surface area contributed by atoms with Gasteiger partial charge in [0.1, 0.15) is 5.75 Å². The minimum atomic E-state index is -0.411. The van der Waals surface area contributed by atoms with Crippen molar-refractivity contribution < 1.29 is 9.53 Å². The first-order chi connectivity index (χ1) is 12.5. The Hall–Kier alpha value is -1.94. The zero-order valence-corrected chi connectivity index (χ0v) is 18.5. The van der Waals surface area contributed by atoms with E-state index in [1.807, 2.05) is 39.0 Å². The first-order valence-corrected chi connectivity index (χ1v) is 10.1. The number of amides is 1. The van der Waals surface area contributed by atoms with E-state index in [4.69, 9.17) is 4.74 Å². The Morgan fingerprint density at radius 1 is 1.07 bits per heavy atom. The maximum absolute atomic E-state index is 12.3. The highest BCUT2D eigenvalue weighted by Crippen LogP contribution is 2.38. The Labute approximate surface area is 167 Å². The number of carbonyl (C=O) groups excluding carboxylic acids is 1. The van der Waals surface area contributed by atoms with Gasteiger partial charge in [-0.1, -0.05) is 46.4 Å². The SMILES string of the molecule is COc1ccc(Sc2c(C)cc(NC(=O)C(C)(C)C)cc2C)cc1C(C)C. The maximum Gasteiger partial charge on any atom is 0.229 e. The van der Waals surface area contributed by atoms with Crippen molar-refractivity contribution in [3.05, 3.63) is 47.0 Å². The summed E-state index contributed by atoms with van der Waals surface area (Å²) in [5, 5.41) is 3.03. The molecule has 0 bridgehead atoms. The Morgan fingerprint density at radius 3 is 2.15 bits per heavy atom. The molecule has 0 radical (unpaired) electrons. The van der Waals surface area contributed by atoms with E-state index < -0.39 is 5.41 Å². The summed E-state index contributed by atoms with van der Waals surface area (Å²) >= 11 is 1.76. The molecular formula is C23H31NO2S. The summed E-state index contributed by atoms with van der Waals surface area (Å²) < 4.78 is 5.49. The van der Waals surface area contributed by atoms with Gasteiger partial charge in [0.2, 0.25) is 5.91 Å². The summed E-state index contributed by atoms with van der Waals surface area (Å²) in [7, 11) is 1.72. The quantitative estimate of drug-likeness (QED) is 0.632. The summed E-state index contributed by atoms with van der Waals surface area (Å²) in [6, 6.07) is 10.4. The number of methoxy groups -OCH3 is 1. The summed E-state index contributed by atoms with van der Waals surface area (Å²) in [5.41, 5.74) is 3.97. The molecular weight excluding hydrogens is 354 g/mol. The van der Waals surface area contributed by atoms with Gasteiger partial charge in [-0.3, -0.25) is 4.79 Å². The lowest BCUT2D eigenvalue weighted by molar-refractivity contribution is -0.123. The van der Waals surface area contributed by atoms with Gasteiger partial charge >= 0.3 is 0 Å². The van der Waals surface area contributed by atoms with E-state index in [-0.39, 0.29) is 5.91 Å². The molecule has 0 saturated heterocycles. The largest absolute Gasteiger partial charge is 0.496 e. The Bertz CT molecular complexity index is 812. The topological polar surface area (TPSA) is 38.3 Å². The second kappa shape index (κ2) is 8.39. The predicted octanol–water partition coefficient (Wildman–Crippen LogP) is 6.57. The third kappa shape index (κ3) is 5.29. The molecule has 0 fully saturated rings. The molecule has 2 rings (SSSR count). The zero-order valence-electron chi connectivity index (χ0n) is 17.7. The van der Waals surface area contributed by atoms with Crippen molar-refractivity contribution >= 4 is 23.4 Å². The number of hydrogen-bond donors (Lipinski definition) is 1. The lowest BCUT2D eigenvalue weighted by Gasteiger charge is -2.19. The van der Waals surface area contributed by atoms with E-state index in [1.165, 1.54) is 15.4 Å². The summed E-state index contributed by atoms with van der Waals surface area (Å²) in [6.45, 7) is 14.3. The van der Waals surface area contributed by atoms with Crippen LogP contribution in [0.4, 0.5) is 5.69 Å². The van der Waals surface area contributed by atoms with Crippen LogP contribution in [-0.4, -0.2) is 13.0 Å². The lowest BCUT2D eigenvalue weighted by Crippen LogP contribution is -2.27. The van der Waals surface area contributed by atoms with Crippen LogP contribution < -0.4 is 10.1 Å². The third-order valence-electron chi connectivity index (χ3n) is 4.44. The van der Waals surface area contributed by atoms with Gasteiger partial charge in [0.25, 0.3) is 0 Å². The van der Waals surface area contributed by atoms with E-state index in [2.05, 4.69) is 45.1 Å². The molecule has 1 N–H and O–H groups in total. The average Bonchev–Trinajstić information content (AvgIpc) is 2.57. The molecule has 3 nitrogen and oxygen atoms in total. The van der Waals surface area contributed by atoms with E-state index in [9.17, 15) is 4.79 Å². The van der Waals surface area contributed by atoms with E-state index in [0.29, 0.717) is 5.92 Å². The van der Waals surface area contributed by atoms with Crippen LogP contribution in [0.1, 0.15) is 57.2 Å². The molecule has 27 heavy (non-hydrogen) atoms. The lowest BCUT2D eigenvalue weighted by atomic mass is 9.95. The van der Waals surface area contributed by atoms with Gasteiger partial charge in [-0.2, -0.15) is 0 Å². The fourth-order valence-corrected chi connectivity index (χ4v) is 3.84. The molecule has 0 aliphatic rings. The number of rotatable bonds is 5. The van der Waals surface area contributed by atoms with Gasteiger partial charge in [0.05, 0.1) is 7.11 Å². The molecule has 4 heteroatoms. The van der Waals surface area contributed by atoms with Crippen LogP contribution in [0.2, 0.25) is 0 Å². The van der Waals surface area contributed by atoms with Gasteiger partial charge in [-0.25, -0.2) is 0 Å². The highest BCUT2D eigenvalue weighted by molar-refractivity contribution is 7.99. The minimum Gasteiger partial charge on any atom is -0.496 e. The van der Waals surface area contributed by atoms with E-state index in [0.717, 1.165) is 22.6 Å². The van der Waals surface area contributed by atoms with Gasteiger partial charge in [-0.05, 0) is 66.8 Å². The highest BCUT2D eigenvalue weighted by atomic mass is 32.2. The van der Waals surface area contributed by atoms with Crippen LogP contribution >= 0.6 is 11.8 Å². The van der Waals surface area contributed by atoms with E-state index in [1.54, 1.807) is 18.9 Å². The van der Waals surface area contributed by atoms with Crippen molar-refractivity contribution in [3.63, 3.8) is 0 Å². The van der Waals surface area contributed by atoms with Crippen molar-refractivity contribution in [2.75, 3.05) is 12.4 Å². The fraction of sp³-hybridized carbons (Fsp3) is 0.435. The van der Waals surface area contributed by atoms with Gasteiger partial charge in [0.15, 0.2) is 0 Å². The molecule has 146 valence electrons. The molecule has 2 aromatic carbocycles. The molecule has 0 aliphatic heterocycles. The monoisotopic (exact) mass is 385 g/mol. The Morgan fingerprint density at radius 2 is 1.67 bits per heavy atom. The maximum atomic E-state index is 12.3. The van der Waals surface area contributed by atoms with Crippen LogP contribution in [0.15, 0.2) is 40.1 Å². The van der Waals surface area contributed by atoms with Crippen molar-refractivity contribution in [1.29, 1.82) is 0 Å². The Balaban J connectivity index is 2.30. The standard InChI is InChI=1S/C23H31NO2S/c1-14(2)19-13-18(9-10-20(19)26-8)27-21-15(3)11-17(12-16(21)4)24-22(25)23(5,6)7/h9-14H,1-8H3,(H,24,25). The van der Waals surface area contributed by atoms with E-state index >= 15 is 0 Å². The molecule has 0 spiro atoms. The predicted molar refractivity (Wildman–Crippen MR) is 115 cm³/mol. The van der Waals surface area contributed by atoms with Gasteiger partial charge in [0, 0.05) is 20.9 Å². The average molecular weight is 386 g/mol. The zero-order chi connectivity index (χ0) is 20.4. The van der Waals surface area contributed by atoms with Crippen molar-refractivity contribution in [2.24, 2.45) is 5.41 Å². The third-order valence-corrected chi connectivity index (χ3v) is 5.78. The first kappa shape index (κ1) is 21.4. The Kier molecular flexibility index (Phi) is 6.63. The number of nitrogens with one attached hydrogen (secondary N) is 1. The van der Waals surface area contributed by atoms with Crippen molar-refractivity contribution in [1.82, 2.24) is 0 Å². The number of anilines is 1. The van der Waals surface area contributed by atoms with Gasteiger partial charge < -0.3 is 10.1 Å². The molecule has 1 amide bonds. The summed E-state index contributed by atoms with van der Waals surface area (Å²) in [4.78, 5) is 14.7. The number of ether oxygens (including phenoxy) is 1. The first-order valence-electron chi connectivity index (χ1n) is 9.31. The number of aryl methyl sites for hydroxylation is 2. The van der Waals surface area contributed by atoms with Crippen LogP contribution in [0.25, 0.3) is 0 Å². The highest BCUT2D eigenvalue weighted by Gasteiger charge is 2.21. The molecule has 0 aromatic heterocycles. The number of benzene rings is 2. The number of carbonyl (C=O) groups is 1. The van der Waals surface area contributed by atoms with Crippen LogP contribution in [-0.2, 0) is 4.79 Å². The van der Waals surface area contributed by atoms with Gasteiger partial charge in [-0.15, -0.1) is 0 Å². The van der Waals surface area contributed by atoms with Crippen LogP contribution in [0.5, 0.6) is 5.75 Å². The number of hydrogen-bond acceptors (Lipinski definition) is 3. The molecule has 2 aromatic rings. The second-order valence-electron chi connectivity index (χ2n) is 8.30. The molecule has 0 atom stereocenters. The van der Waals surface area contributed by atoms with Crippen molar-refractivity contribution in [3.8, 4) is 5.75 Å². The molecule has 0 aliphatic carbocycles. The fourth-order valence-electron chi connectivity index (χ4n) is 2.85. The normalized spacial score (nSPS) is 11.6. The van der Waals surface area contributed by atoms with Crippen LogP contribution in [0, 0.1) is 19.3 Å². The molecule has 0 heterocycles. The second-order valence-corrected chi connectivity index (χ2v) is 9.39. The smallest absolute Gasteiger partial charge is 0.229 e. The molecule has 0 unspecified atom stereocenters. The van der Waals surface area contributed by atoms with Crippen molar-refractivity contribution in [2.45, 2.75) is 64.2 Å². The summed E-state index contributed by atoms with van der Waals surface area (Å²) in [5.74, 6) is 1.36. The molecule has 0 saturated carbocycles. The summed E-state index contributed by atoms with van der Waals surface area (Å²) in [6.07, 6.45) is 0. The minimum absolute atomic E-state index is 0.0263. The van der Waals surface area contributed by atoms with Crippen LogP contribution in [0.3, 0.4) is 0 Å².